The summed E-state index contributed by atoms with van der Waals surface area (Å²) in [5.41, 5.74) is 3.32. The molecule has 1 heterocycles. The summed E-state index contributed by atoms with van der Waals surface area (Å²) in [5, 5.41) is 7.38. The molecule has 1 aliphatic carbocycles. The van der Waals surface area contributed by atoms with E-state index in [0.29, 0.717) is 0 Å². The SMILES string of the molecule is Cn1nc2c(c1NC(=O)/C=C/c1ccccc1)CCC2. The van der Waals surface area contributed by atoms with Crippen LogP contribution < -0.4 is 5.32 Å². The minimum absolute atomic E-state index is 0.119. The molecule has 0 saturated carbocycles. The van der Waals surface area contributed by atoms with Gasteiger partial charge in [0.05, 0.1) is 5.69 Å². The Labute approximate surface area is 118 Å². The molecule has 0 fully saturated rings. The molecule has 1 amide bonds. The standard InChI is InChI=1S/C16H17N3O/c1-19-16(13-8-5-9-14(13)18-19)17-15(20)11-10-12-6-3-2-4-7-12/h2-4,6-7,10-11H,5,8-9H2,1H3,(H,17,20)/b11-10+. The van der Waals surface area contributed by atoms with Gasteiger partial charge in [-0.05, 0) is 30.9 Å². The molecule has 1 aromatic heterocycles. The van der Waals surface area contributed by atoms with Crippen molar-refractivity contribution in [2.24, 2.45) is 7.05 Å². The monoisotopic (exact) mass is 267 g/mol. The summed E-state index contributed by atoms with van der Waals surface area (Å²) >= 11 is 0. The lowest BCUT2D eigenvalue weighted by atomic mass is 10.2. The van der Waals surface area contributed by atoms with E-state index in [4.69, 9.17) is 0 Å². The number of fused-ring (bicyclic) bond motifs is 1. The molecular formula is C16H17N3O. The predicted molar refractivity (Wildman–Crippen MR) is 79.3 cm³/mol. The number of aromatic nitrogens is 2. The first-order valence-corrected chi connectivity index (χ1v) is 6.83. The fraction of sp³-hybridized carbons (Fsp3) is 0.250. The van der Waals surface area contributed by atoms with Crippen molar-refractivity contribution in [2.75, 3.05) is 5.32 Å². The van der Waals surface area contributed by atoms with Crippen molar-refractivity contribution in [3.05, 3.63) is 53.2 Å². The Kier molecular flexibility index (Phi) is 3.37. The van der Waals surface area contributed by atoms with Crippen LogP contribution in [0, 0.1) is 0 Å². The van der Waals surface area contributed by atoms with Crippen molar-refractivity contribution in [3.63, 3.8) is 0 Å². The minimum Gasteiger partial charge on any atom is -0.307 e. The predicted octanol–water partition coefficient (Wildman–Crippen LogP) is 2.56. The Morgan fingerprint density at radius 2 is 2.10 bits per heavy atom. The normalized spacial score (nSPS) is 13.7. The number of aryl methyl sites for hydroxylation is 2. The second-order valence-electron chi connectivity index (χ2n) is 4.98. The summed E-state index contributed by atoms with van der Waals surface area (Å²) in [5.74, 6) is 0.715. The van der Waals surface area contributed by atoms with E-state index in [1.807, 2.05) is 43.5 Å². The van der Waals surface area contributed by atoms with Gasteiger partial charge in [-0.15, -0.1) is 0 Å². The third kappa shape index (κ3) is 2.50. The quantitative estimate of drug-likeness (QED) is 0.869. The molecule has 1 aromatic carbocycles. The van der Waals surface area contributed by atoms with Gasteiger partial charge in [0.2, 0.25) is 5.91 Å². The molecule has 102 valence electrons. The maximum Gasteiger partial charge on any atom is 0.249 e. The maximum absolute atomic E-state index is 12.0. The molecule has 0 bridgehead atoms. The zero-order chi connectivity index (χ0) is 13.9. The van der Waals surface area contributed by atoms with Crippen LogP contribution in [0.3, 0.4) is 0 Å². The van der Waals surface area contributed by atoms with Crippen LogP contribution in [0.1, 0.15) is 23.2 Å². The number of amides is 1. The highest BCUT2D eigenvalue weighted by molar-refractivity contribution is 6.01. The number of carbonyl (C=O) groups is 1. The molecule has 2 aromatic rings. The van der Waals surface area contributed by atoms with Gasteiger partial charge in [0.25, 0.3) is 0 Å². The molecule has 0 radical (unpaired) electrons. The molecule has 3 rings (SSSR count). The Balaban J connectivity index is 1.72. The highest BCUT2D eigenvalue weighted by Gasteiger charge is 2.21. The van der Waals surface area contributed by atoms with Crippen LogP contribution >= 0.6 is 0 Å². The Hall–Kier alpha value is -2.36. The Morgan fingerprint density at radius 3 is 2.90 bits per heavy atom. The topological polar surface area (TPSA) is 46.9 Å². The van der Waals surface area contributed by atoms with E-state index in [-0.39, 0.29) is 5.91 Å². The number of anilines is 1. The van der Waals surface area contributed by atoms with E-state index >= 15 is 0 Å². The summed E-state index contributed by atoms with van der Waals surface area (Å²) in [6.07, 6.45) is 6.51. The summed E-state index contributed by atoms with van der Waals surface area (Å²) < 4.78 is 1.76. The number of carbonyl (C=O) groups excluding carboxylic acids is 1. The smallest absolute Gasteiger partial charge is 0.249 e. The average Bonchev–Trinajstić information content (AvgIpc) is 3.01. The van der Waals surface area contributed by atoms with Crippen LogP contribution in [-0.2, 0) is 24.7 Å². The van der Waals surface area contributed by atoms with Crippen LogP contribution in [0.15, 0.2) is 36.4 Å². The van der Waals surface area contributed by atoms with E-state index in [9.17, 15) is 4.79 Å². The fourth-order valence-electron chi connectivity index (χ4n) is 2.57. The van der Waals surface area contributed by atoms with Crippen molar-refractivity contribution in [2.45, 2.75) is 19.3 Å². The van der Waals surface area contributed by atoms with Crippen molar-refractivity contribution in [3.8, 4) is 0 Å². The minimum atomic E-state index is -0.119. The third-order valence-corrected chi connectivity index (χ3v) is 3.54. The highest BCUT2D eigenvalue weighted by Crippen LogP contribution is 2.27. The molecule has 0 unspecified atom stereocenters. The van der Waals surface area contributed by atoms with Crippen molar-refractivity contribution in [1.82, 2.24) is 9.78 Å². The molecule has 4 heteroatoms. The van der Waals surface area contributed by atoms with Crippen LogP contribution in [-0.4, -0.2) is 15.7 Å². The molecule has 1 aliphatic rings. The highest BCUT2D eigenvalue weighted by atomic mass is 16.1. The molecule has 0 saturated heterocycles. The van der Waals surface area contributed by atoms with E-state index < -0.39 is 0 Å². The number of hydrogen-bond acceptors (Lipinski definition) is 2. The maximum atomic E-state index is 12.0. The second-order valence-corrected chi connectivity index (χ2v) is 4.98. The van der Waals surface area contributed by atoms with Gasteiger partial charge in [0.15, 0.2) is 0 Å². The van der Waals surface area contributed by atoms with Gasteiger partial charge in [-0.2, -0.15) is 5.10 Å². The Bertz CT molecular complexity index is 656. The van der Waals surface area contributed by atoms with E-state index in [1.165, 1.54) is 5.56 Å². The van der Waals surface area contributed by atoms with Gasteiger partial charge >= 0.3 is 0 Å². The second kappa shape index (κ2) is 5.33. The lowest BCUT2D eigenvalue weighted by molar-refractivity contribution is -0.111. The number of benzene rings is 1. The first-order valence-electron chi connectivity index (χ1n) is 6.83. The zero-order valence-corrected chi connectivity index (χ0v) is 11.5. The van der Waals surface area contributed by atoms with Gasteiger partial charge < -0.3 is 5.32 Å². The third-order valence-electron chi connectivity index (χ3n) is 3.54. The number of rotatable bonds is 3. The van der Waals surface area contributed by atoms with Crippen LogP contribution in [0.25, 0.3) is 6.08 Å². The summed E-state index contributed by atoms with van der Waals surface area (Å²) in [6.45, 7) is 0. The van der Waals surface area contributed by atoms with Gasteiger partial charge in [-0.1, -0.05) is 30.3 Å². The summed E-state index contributed by atoms with van der Waals surface area (Å²) in [6, 6.07) is 9.78. The van der Waals surface area contributed by atoms with E-state index in [2.05, 4.69) is 10.4 Å². The lowest BCUT2D eigenvalue weighted by Gasteiger charge is -2.05. The summed E-state index contributed by atoms with van der Waals surface area (Å²) in [7, 11) is 1.87. The first-order chi connectivity index (χ1) is 9.74. The van der Waals surface area contributed by atoms with Gasteiger partial charge in [0, 0.05) is 18.7 Å². The molecular weight excluding hydrogens is 250 g/mol. The van der Waals surface area contributed by atoms with E-state index in [1.54, 1.807) is 10.8 Å². The van der Waals surface area contributed by atoms with Crippen molar-refractivity contribution < 1.29 is 4.79 Å². The molecule has 0 atom stereocenters. The van der Waals surface area contributed by atoms with Gasteiger partial charge in [0.1, 0.15) is 5.82 Å². The average molecular weight is 267 g/mol. The van der Waals surface area contributed by atoms with Gasteiger partial charge in [-0.3, -0.25) is 9.48 Å². The number of nitrogens with zero attached hydrogens (tertiary/aromatic N) is 2. The molecule has 0 aliphatic heterocycles. The molecule has 1 N–H and O–H groups in total. The van der Waals surface area contributed by atoms with Crippen molar-refractivity contribution >= 4 is 17.8 Å². The first kappa shape index (κ1) is 12.7. The molecule has 4 nitrogen and oxygen atoms in total. The number of nitrogens with one attached hydrogen (secondary N) is 1. The number of hydrogen-bond donors (Lipinski definition) is 1. The van der Waals surface area contributed by atoms with Crippen LogP contribution in [0.2, 0.25) is 0 Å². The zero-order valence-electron chi connectivity index (χ0n) is 11.5. The lowest BCUT2D eigenvalue weighted by Crippen LogP contribution is -2.12. The molecule has 20 heavy (non-hydrogen) atoms. The Morgan fingerprint density at radius 1 is 1.30 bits per heavy atom. The van der Waals surface area contributed by atoms with Crippen LogP contribution in [0.5, 0.6) is 0 Å². The van der Waals surface area contributed by atoms with Crippen LogP contribution in [0.4, 0.5) is 5.82 Å². The molecule has 0 spiro atoms. The largest absolute Gasteiger partial charge is 0.307 e. The van der Waals surface area contributed by atoms with Gasteiger partial charge in [-0.25, -0.2) is 0 Å². The fourth-order valence-corrected chi connectivity index (χ4v) is 2.57. The summed E-state index contributed by atoms with van der Waals surface area (Å²) in [4.78, 5) is 12.0. The van der Waals surface area contributed by atoms with E-state index in [0.717, 1.165) is 36.3 Å². The van der Waals surface area contributed by atoms with Crippen molar-refractivity contribution in [1.29, 1.82) is 0 Å².